The second kappa shape index (κ2) is 5.31. The Bertz CT molecular complexity index is 1050. The predicted octanol–water partition coefficient (Wildman–Crippen LogP) is 2.54. The van der Waals surface area contributed by atoms with E-state index in [1.807, 2.05) is 11.0 Å². The second-order valence-corrected chi connectivity index (χ2v) is 7.26. The van der Waals surface area contributed by atoms with Crippen molar-refractivity contribution in [3.05, 3.63) is 63.2 Å². The number of benzene rings is 1. The average Bonchev–Trinajstić information content (AvgIpc) is 2.93. The molecule has 2 N–H and O–H groups in total. The Hall–Kier alpha value is -2.89. The van der Waals surface area contributed by atoms with Gasteiger partial charge in [-0.3, -0.25) is 9.78 Å². The molecule has 0 aliphatic carbocycles. The first-order chi connectivity index (χ1) is 11.8. The van der Waals surface area contributed by atoms with Crippen LogP contribution >= 0.6 is 0 Å². The maximum Gasteiger partial charge on any atom is 0.325 e. The van der Waals surface area contributed by atoms with Crippen molar-refractivity contribution in [2.24, 2.45) is 0 Å². The van der Waals surface area contributed by atoms with E-state index in [-0.39, 0.29) is 17.1 Å². The number of nitrogens with one attached hydrogen (secondary N) is 2. The molecule has 2 aromatic heterocycles. The molecule has 0 unspecified atom stereocenters. The van der Waals surface area contributed by atoms with Crippen molar-refractivity contribution < 1.29 is 4.79 Å². The summed E-state index contributed by atoms with van der Waals surface area (Å²) in [5.41, 5.74) is 4.49. The van der Waals surface area contributed by atoms with E-state index in [4.69, 9.17) is 0 Å². The number of aromatic nitrogens is 3. The van der Waals surface area contributed by atoms with Gasteiger partial charge in [0.25, 0.3) is 5.91 Å². The molecule has 6 heteroatoms. The summed E-state index contributed by atoms with van der Waals surface area (Å²) in [5, 5.41) is 0. The lowest BCUT2D eigenvalue weighted by Gasteiger charge is -2.43. The molecule has 0 bridgehead atoms. The highest BCUT2D eigenvalue weighted by Gasteiger charge is 2.37. The number of pyridine rings is 1. The van der Waals surface area contributed by atoms with Gasteiger partial charge < -0.3 is 9.88 Å². The first-order valence-corrected chi connectivity index (χ1v) is 8.33. The van der Waals surface area contributed by atoms with Crippen molar-refractivity contribution in [3.8, 4) is 0 Å². The highest BCUT2D eigenvalue weighted by Crippen LogP contribution is 2.33. The Kier molecular flexibility index (Phi) is 3.32. The quantitative estimate of drug-likeness (QED) is 0.716. The summed E-state index contributed by atoms with van der Waals surface area (Å²) in [4.78, 5) is 36.0. The average molecular weight is 336 g/mol. The summed E-state index contributed by atoms with van der Waals surface area (Å²) < 4.78 is 0. The number of aryl methyl sites for hydroxylation is 1. The van der Waals surface area contributed by atoms with Gasteiger partial charge in [-0.1, -0.05) is 18.2 Å². The summed E-state index contributed by atoms with van der Waals surface area (Å²) >= 11 is 0. The molecule has 3 heterocycles. The summed E-state index contributed by atoms with van der Waals surface area (Å²) in [5.74, 6) is -0.124. The van der Waals surface area contributed by atoms with Crippen LogP contribution in [-0.2, 0) is 13.0 Å². The number of H-pyrrole nitrogens is 2. The normalized spacial score (nSPS) is 16.0. The smallest absolute Gasteiger partial charge is 0.325 e. The third kappa shape index (κ3) is 2.54. The highest BCUT2D eigenvalue weighted by atomic mass is 16.2. The largest absolute Gasteiger partial charge is 0.328 e. The van der Waals surface area contributed by atoms with Crippen molar-refractivity contribution >= 4 is 17.1 Å². The molecule has 1 amide bonds. The number of nitrogens with zero attached hydrogens (tertiary/aromatic N) is 2. The van der Waals surface area contributed by atoms with Crippen LogP contribution in [0.1, 0.15) is 41.0 Å². The fourth-order valence-corrected chi connectivity index (χ4v) is 3.60. The SMILES string of the molecule is Cc1cccc2c1CC(C)(C)N(C(=O)c1ccc3[nH]c(=O)[nH]c3n1)C2. The number of fused-ring (bicyclic) bond motifs is 2. The van der Waals surface area contributed by atoms with Gasteiger partial charge in [0.15, 0.2) is 5.65 Å². The fourth-order valence-electron chi connectivity index (χ4n) is 3.60. The van der Waals surface area contributed by atoms with Gasteiger partial charge in [-0.2, -0.15) is 0 Å². The molecule has 0 radical (unpaired) electrons. The van der Waals surface area contributed by atoms with E-state index in [1.54, 1.807) is 12.1 Å². The van der Waals surface area contributed by atoms with E-state index >= 15 is 0 Å². The van der Waals surface area contributed by atoms with E-state index in [1.165, 1.54) is 16.7 Å². The van der Waals surface area contributed by atoms with Crippen LogP contribution in [0.2, 0.25) is 0 Å². The monoisotopic (exact) mass is 336 g/mol. The lowest BCUT2D eigenvalue weighted by Crippen LogP contribution is -2.51. The van der Waals surface area contributed by atoms with Crippen molar-refractivity contribution in [2.45, 2.75) is 39.3 Å². The molecule has 0 spiro atoms. The maximum absolute atomic E-state index is 13.1. The van der Waals surface area contributed by atoms with E-state index < -0.39 is 0 Å². The molecular formula is C19H20N4O2. The van der Waals surface area contributed by atoms with Crippen LogP contribution in [0, 0.1) is 6.92 Å². The van der Waals surface area contributed by atoms with Crippen LogP contribution in [0.25, 0.3) is 11.2 Å². The number of hydrogen-bond donors (Lipinski definition) is 2. The van der Waals surface area contributed by atoms with Crippen molar-refractivity contribution in [3.63, 3.8) is 0 Å². The zero-order valence-electron chi connectivity index (χ0n) is 14.5. The van der Waals surface area contributed by atoms with E-state index in [0.29, 0.717) is 23.4 Å². The molecule has 3 aromatic rings. The minimum atomic E-state index is -0.324. The lowest BCUT2D eigenvalue weighted by atomic mass is 9.83. The molecule has 1 aliphatic heterocycles. The van der Waals surface area contributed by atoms with Crippen molar-refractivity contribution in [1.82, 2.24) is 19.9 Å². The zero-order valence-corrected chi connectivity index (χ0v) is 14.5. The third-order valence-electron chi connectivity index (χ3n) is 5.02. The van der Waals surface area contributed by atoms with Gasteiger partial charge in [-0.15, -0.1) is 0 Å². The Balaban J connectivity index is 1.74. The number of carbonyl (C=O) groups is 1. The second-order valence-electron chi connectivity index (χ2n) is 7.26. The topological polar surface area (TPSA) is 81.9 Å². The number of rotatable bonds is 1. The molecule has 6 nitrogen and oxygen atoms in total. The number of amides is 1. The van der Waals surface area contributed by atoms with Gasteiger partial charge >= 0.3 is 5.69 Å². The maximum atomic E-state index is 13.1. The number of aromatic amines is 2. The summed E-state index contributed by atoms with van der Waals surface area (Å²) in [7, 11) is 0. The minimum Gasteiger partial charge on any atom is -0.328 e. The molecule has 0 saturated heterocycles. The van der Waals surface area contributed by atoms with Gasteiger partial charge in [-0.05, 0) is 56.0 Å². The molecule has 4 rings (SSSR count). The number of carbonyl (C=O) groups excluding carboxylic acids is 1. The fraction of sp³-hybridized carbons (Fsp3) is 0.316. The first-order valence-electron chi connectivity index (χ1n) is 8.33. The number of imidazole rings is 1. The molecule has 25 heavy (non-hydrogen) atoms. The van der Waals surface area contributed by atoms with Crippen LogP contribution in [0.15, 0.2) is 35.1 Å². The van der Waals surface area contributed by atoms with Gasteiger partial charge in [0.1, 0.15) is 5.69 Å². The summed E-state index contributed by atoms with van der Waals surface area (Å²) in [6.45, 7) is 6.84. The Morgan fingerprint density at radius 2 is 2.00 bits per heavy atom. The Morgan fingerprint density at radius 1 is 1.20 bits per heavy atom. The van der Waals surface area contributed by atoms with Crippen molar-refractivity contribution in [1.29, 1.82) is 0 Å². The lowest BCUT2D eigenvalue weighted by molar-refractivity contribution is 0.0482. The van der Waals surface area contributed by atoms with Crippen LogP contribution < -0.4 is 5.69 Å². The third-order valence-corrected chi connectivity index (χ3v) is 5.02. The standard InChI is InChI=1S/C19H20N4O2/c1-11-5-4-6-12-10-23(19(2,3)9-13(11)12)17(24)15-8-7-14-16(20-15)22-18(25)21-14/h4-8H,9-10H2,1-3H3,(H2,20,21,22,25). The number of hydrogen-bond acceptors (Lipinski definition) is 3. The van der Waals surface area contributed by atoms with Crippen LogP contribution in [0.5, 0.6) is 0 Å². The minimum absolute atomic E-state index is 0.124. The molecule has 1 aliphatic rings. The van der Waals surface area contributed by atoms with Gasteiger partial charge in [0.2, 0.25) is 0 Å². The van der Waals surface area contributed by atoms with E-state index in [9.17, 15) is 9.59 Å². The van der Waals surface area contributed by atoms with Crippen LogP contribution in [0.4, 0.5) is 0 Å². The summed E-state index contributed by atoms with van der Waals surface area (Å²) in [6.07, 6.45) is 0.810. The Morgan fingerprint density at radius 3 is 2.80 bits per heavy atom. The predicted molar refractivity (Wildman–Crippen MR) is 95.5 cm³/mol. The molecule has 0 fully saturated rings. The van der Waals surface area contributed by atoms with Gasteiger partial charge in [-0.25, -0.2) is 9.78 Å². The zero-order chi connectivity index (χ0) is 17.8. The van der Waals surface area contributed by atoms with Crippen molar-refractivity contribution in [2.75, 3.05) is 0 Å². The highest BCUT2D eigenvalue weighted by molar-refractivity contribution is 5.94. The molecule has 128 valence electrons. The van der Waals surface area contributed by atoms with Crippen LogP contribution in [0.3, 0.4) is 0 Å². The molecule has 0 atom stereocenters. The van der Waals surface area contributed by atoms with Gasteiger partial charge in [0.05, 0.1) is 5.52 Å². The summed E-state index contributed by atoms with van der Waals surface area (Å²) in [6, 6.07) is 9.60. The Labute approximate surface area is 144 Å². The first kappa shape index (κ1) is 15.6. The van der Waals surface area contributed by atoms with E-state index in [0.717, 1.165) is 6.42 Å². The molecular weight excluding hydrogens is 316 g/mol. The molecule has 0 saturated carbocycles. The van der Waals surface area contributed by atoms with E-state index in [2.05, 4.69) is 47.9 Å². The molecule has 1 aromatic carbocycles. The van der Waals surface area contributed by atoms with Gasteiger partial charge in [0, 0.05) is 12.1 Å². The van der Waals surface area contributed by atoms with Crippen LogP contribution in [-0.4, -0.2) is 31.3 Å².